The molecule has 2 aromatic rings. The van der Waals surface area contributed by atoms with Crippen molar-refractivity contribution in [3.05, 3.63) is 10.4 Å². The largest absolute Gasteiger partial charge is 0.481 e. The van der Waals surface area contributed by atoms with Crippen molar-refractivity contribution in [2.45, 2.75) is 32.2 Å². The molecule has 8 heteroatoms. The Kier molecular flexibility index (Phi) is 3.26. The smallest absolute Gasteiger partial charge is 0.303 e. The number of nitrogens with zero attached hydrogens (tertiary/aromatic N) is 4. The molecule has 0 unspecified atom stereocenters. The summed E-state index contributed by atoms with van der Waals surface area (Å²) >= 11 is 7.73. The van der Waals surface area contributed by atoms with Gasteiger partial charge in [-0.05, 0) is 31.7 Å². The van der Waals surface area contributed by atoms with Gasteiger partial charge in [0.05, 0.1) is 9.72 Å². The fourth-order valence-corrected chi connectivity index (χ4v) is 5.31. The molecule has 5 rings (SSSR count). The molecule has 1 spiro atoms. The Labute approximate surface area is 154 Å². The molecule has 1 saturated carbocycles. The van der Waals surface area contributed by atoms with Crippen LogP contribution in [0.3, 0.4) is 0 Å². The highest BCUT2D eigenvalue weighted by Gasteiger charge is 2.62. The van der Waals surface area contributed by atoms with Gasteiger partial charge in [-0.15, -0.1) is 11.3 Å². The zero-order valence-electron chi connectivity index (χ0n) is 13.9. The lowest BCUT2D eigenvalue weighted by atomic mass is 9.92. The maximum Gasteiger partial charge on any atom is 0.303 e. The first-order valence-electron chi connectivity index (χ1n) is 8.66. The second kappa shape index (κ2) is 5.20. The monoisotopic (exact) mass is 378 g/mol. The molecule has 2 atom stereocenters. The number of aliphatic carboxylic acids is 1. The van der Waals surface area contributed by atoms with E-state index < -0.39 is 5.97 Å². The standard InChI is InChI=1S/C17H19ClN4O2S/c1-9-2-3-22(9)16-19-14(11-5-12(18)25-15(11)20-16)21-7-17(8-21)6-10(17)4-13(23)24/h5,9-10H,2-4,6-8H2,1H3,(H,23,24)/t9-,10-/m0/s1. The Morgan fingerprint density at radius 1 is 1.48 bits per heavy atom. The Hall–Kier alpha value is -1.60. The highest BCUT2D eigenvalue weighted by atomic mass is 35.5. The molecular formula is C17H19ClN4O2S. The van der Waals surface area contributed by atoms with Crippen LogP contribution in [0.5, 0.6) is 0 Å². The SMILES string of the molecule is C[C@H]1CCN1c1nc(N2CC3(C[C@@H]3CC(=O)O)C2)c2cc(Cl)sc2n1. The van der Waals surface area contributed by atoms with Gasteiger partial charge in [0, 0.05) is 37.5 Å². The van der Waals surface area contributed by atoms with E-state index in [1.807, 2.05) is 6.07 Å². The van der Waals surface area contributed by atoms with E-state index in [-0.39, 0.29) is 11.8 Å². The van der Waals surface area contributed by atoms with Crippen LogP contribution in [0.1, 0.15) is 26.2 Å². The van der Waals surface area contributed by atoms with Crippen LogP contribution in [0.15, 0.2) is 6.07 Å². The lowest BCUT2D eigenvalue weighted by molar-refractivity contribution is -0.137. The molecule has 2 aliphatic heterocycles. The molecule has 0 radical (unpaired) electrons. The quantitative estimate of drug-likeness (QED) is 0.880. The van der Waals surface area contributed by atoms with E-state index in [9.17, 15) is 4.79 Å². The van der Waals surface area contributed by atoms with Crippen LogP contribution >= 0.6 is 22.9 Å². The van der Waals surface area contributed by atoms with E-state index in [2.05, 4.69) is 16.7 Å². The minimum absolute atomic E-state index is 0.194. The van der Waals surface area contributed by atoms with E-state index in [1.54, 1.807) is 0 Å². The van der Waals surface area contributed by atoms with Crippen LogP contribution in [0.2, 0.25) is 4.34 Å². The Morgan fingerprint density at radius 3 is 2.92 bits per heavy atom. The average molecular weight is 379 g/mol. The summed E-state index contributed by atoms with van der Waals surface area (Å²) in [7, 11) is 0. The summed E-state index contributed by atoms with van der Waals surface area (Å²) in [5.74, 6) is 1.37. The van der Waals surface area contributed by atoms with Gasteiger partial charge < -0.3 is 14.9 Å². The summed E-state index contributed by atoms with van der Waals surface area (Å²) < 4.78 is 0.727. The van der Waals surface area contributed by atoms with Crippen LogP contribution in [0, 0.1) is 11.3 Å². The summed E-state index contributed by atoms with van der Waals surface area (Å²) in [4.78, 5) is 26.0. The molecule has 132 valence electrons. The third kappa shape index (κ3) is 2.39. The average Bonchev–Trinajstić information content (AvgIpc) is 3.06. The number of anilines is 2. The topological polar surface area (TPSA) is 69.6 Å². The molecule has 2 saturated heterocycles. The van der Waals surface area contributed by atoms with Gasteiger partial charge in [0.2, 0.25) is 5.95 Å². The number of hydrogen-bond acceptors (Lipinski definition) is 6. The number of fused-ring (bicyclic) bond motifs is 1. The van der Waals surface area contributed by atoms with Crippen LogP contribution in [0.4, 0.5) is 11.8 Å². The minimum Gasteiger partial charge on any atom is -0.481 e. The molecule has 6 nitrogen and oxygen atoms in total. The van der Waals surface area contributed by atoms with E-state index in [1.165, 1.54) is 17.8 Å². The van der Waals surface area contributed by atoms with Gasteiger partial charge >= 0.3 is 5.97 Å². The van der Waals surface area contributed by atoms with Crippen LogP contribution in [-0.2, 0) is 4.79 Å². The fraction of sp³-hybridized carbons (Fsp3) is 0.588. The van der Waals surface area contributed by atoms with Gasteiger partial charge in [0.1, 0.15) is 10.6 Å². The number of aromatic nitrogens is 2. The number of carbonyl (C=O) groups is 1. The van der Waals surface area contributed by atoms with Gasteiger partial charge in [-0.2, -0.15) is 4.98 Å². The third-order valence-corrected chi connectivity index (χ3v) is 7.16. The molecular weight excluding hydrogens is 360 g/mol. The summed E-state index contributed by atoms with van der Waals surface area (Å²) in [5.41, 5.74) is 0.194. The molecule has 4 heterocycles. The van der Waals surface area contributed by atoms with E-state index in [0.717, 1.165) is 52.4 Å². The van der Waals surface area contributed by atoms with Crippen molar-refractivity contribution in [3.63, 3.8) is 0 Å². The number of carboxylic acid groups (broad SMARTS) is 1. The zero-order chi connectivity index (χ0) is 17.3. The van der Waals surface area contributed by atoms with Gasteiger partial charge in [-0.1, -0.05) is 11.6 Å². The van der Waals surface area contributed by atoms with Crippen LogP contribution < -0.4 is 9.80 Å². The number of halogens is 1. The second-order valence-electron chi connectivity index (χ2n) is 7.66. The van der Waals surface area contributed by atoms with Gasteiger partial charge in [-0.3, -0.25) is 4.79 Å². The molecule has 0 bridgehead atoms. The Morgan fingerprint density at radius 2 is 2.28 bits per heavy atom. The lowest BCUT2D eigenvalue weighted by Crippen LogP contribution is -2.51. The first-order chi connectivity index (χ1) is 11.9. The van der Waals surface area contributed by atoms with Crippen molar-refractivity contribution in [2.75, 3.05) is 29.4 Å². The van der Waals surface area contributed by atoms with Crippen molar-refractivity contribution in [3.8, 4) is 0 Å². The summed E-state index contributed by atoms with van der Waals surface area (Å²) in [5, 5.41) is 10.0. The summed E-state index contributed by atoms with van der Waals surface area (Å²) in [6, 6.07) is 2.43. The predicted octanol–water partition coefficient (Wildman–Crippen LogP) is 3.24. The Bertz CT molecular complexity index is 879. The maximum absolute atomic E-state index is 10.9. The lowest BCUT2D eigenvalue weighted by Gasteiger charge is -2.43. The first kappa shape index (κ1) is 15.6. The highest BCUT2D eigenvalue weighted by molar-refractivity contribution is 7.22. The molecule has 2 aromatic heterocycles. The molecule has 3 aliphatic rings. The Balaban J connectivity index is 1.44. The third-order valence-electron chi connectivity index (χ3n) is 6.00. The van der Waals surface area contributed by atoms with Crippen molar-refractivity contribution in [2.24, 2.45) is 11.3 Å². The van der Waals surface area contributed by atoms with Gasteiger partial charge in [0.15, 0.2) is 0 Å². The number of thiophene rings is 1. The summed E-state index contributed by atoms with van der Waals surface area (Å²) in [6.07, 6.45) is 2.48. The zero-order valence-corrected chi connectivity index (χ0v) is 15.5. The second-order valence-corrected chi connectivity index (χ2v) is 9.33. The molecule has 3 fully saturated rings. The van der Waals surface area contributed by atoms with E-state index in [4.69, 9.17) is 26.7 Å². The van der Waals surface area contributed by atoms with Crippen molar-refractivity contribution in [1.29, 1.82) is 0 Å². The van der Waals surface area contributed by atoms with Gasteiger partial charge in [-0.25, -0.2) is 4.98 Å². The van der Waals surface area contributed by atoms with Crippen LogP contribution in [-0.4, -0.2) is 46.7 Å². The maximum atomic E-state index is 10.9. The van der Waals surface area contributed by atoms with Crippen molar-refractivity contribution in [1.82, 2.24) is 9.97 Å². The molecule has 1 aliphatic carbocycles. The fourth-order valence-electron chi connectivity index (χ4n) is 4.23. The molecule has 0 aromatic carbocycles. The van der Waals surface area contributed by atoms with Crippen molar-refractivity contribution < 1.29 is 9.90 Å². The molecule has 0 amide bonds. The molecule has 25 heavy (non-hydrogen) atoms. The number of rotatable bonds is 4. The van der Waals surface area contributed by atoms with Crippen LogP contribution in [0.25, 0.3) is 10.2 Å². The normalized spacial score (nSPS) is 26.6. The highest BCUT2D eigenvalue weighted by Crippen LogP contribution is 2.61. The van der Waals surface area contributed by atoms with Crippen molar-refractivity contribution >= 4 is 50.9 Å². The minimum atomic E-state index is -0.691. The number of hydrogen-bond donors (Lipinski definition) is 1. The first-order valence-corrected chi connectivity index (χ1v) is 9.85. The van der Waals surface area contributed by atoms with Gasteiger partial charge in [0.25, 0.3) is 0 Å². The molecule has 1 N–H and O–H groups in total. The van der Waals surface area contributed by atoms with E-state index >= 15 is 0 Å². The summed E-state index contributed by atoms with van der Waals surface area (Å²) in [6.45, 7) is 4.96. The number of carboxylic acids is 1. The van der Waals surface area contributed by atoms with E-state index in [0.29, 0.717) is 12.0 Å². The predicted molar refractivity (Wildman–Crippen MR) is 98.9 cm³/mol.